The van der Waals surface area contributed by atoms with Gasteiger partial charge in [-0.3, -0.25) is 9.36 Å². The van der Waals surface area contributed by atoms with Crippen molar-refractivity contribution >= 4 is 9.84 Å². The Morgan fingerprint density at radius 3 is 2.83 bits per heavy atom. The molecule has 0 amide bonds. The first-order valence-corrected chi connectivity index (χ1v) is 10.0. The van der Waals surface area contributed by atoms with Crippen LogP contribution in [0.5, 0.6) is 0 Å². The number of hydrogen-bond donors (Lipinski definition) is 0. The molecule has 0 saturated carbocycles. The van der Waals surface area contributed by atoms with Crippen molar-refractivity contribution in [3.8, 4) is 0 Å². The van der Waals surface area contributed by atoms with Crippen LogP contribution in [0.3, 0.4) is 0 Å². The topological polar surface area (TPSA) is 78.3 Å². The fourth-order valence-electron chi connectivity index (χ4n) is 3.60. The lowest BCUT2D eigenvalue weighted by atomic mass is 10.1. The van der Waals surface area contributed by atoms with Crippen molar-refractivity contribution < 1.29 is 13.2 Å². The highest BCUT2D eigenvalue weighted by atomic mass is 32.2. The summed E-state index contributed by atoms with van der Waals surface area (Å²) in [6.07, 6.45) is 3.38. The van der Waals surface area contributed by atoms with Crippen LogP contribution < -0.4 is 5.56 Å². The molecule has 1 fully saturated rings. The van der Waals surface area contributed by atoms with Crippen LogP contribution in [0.25, 0.3) is 0 Å². The molecule has 3 rings (SSSR count). The maximum atomic E-state index is 12.6. The Morgan fingerprint density at radius 1 is 1.35 bits per heavy atom. The van der Waals surface area contributed by atoms with E-state index in [9.17, 15) is 13.2 Å². The minimum absolute atomic E-state index is 0.0114. The predicted octanol–water partition coefficient (Wildman–Crippen LogP) is 1.02. The van der Waals surface area contributed by atoms with Gasteiger partial charge in [-0.05, 0) is 39.5 Å². The van der Waals surface area contributed by atoms with Gasteiger partial charge in [0.15, 0.2) is 9.84 Å². The molecule has 7 heteroatoms. The number of hydrogen-bond acceptors (Lipinski definition) is 5. The highest BCUT2D eigenvalue weighted by Crippen LogP contribution is 2.22. The maximum Gasteiger partial charge on any atom is 0.256 e. The largest absolute Gasteiger partial charge is 0.377 e. The zero-order valence-corrected chi connectivity index (χ0v) is 14.6. The average Bonchev–Trinajstić information content (AvgIpc) is 2.94. The molecular weight excluding hydrogens is 316 g/mol. The summed E-state index contributed by atoms with van der Waals surface area (Å²) in [4.78, 5) is 17.2. The summed E-state index contributed by atoms with van der Waals surface area (Å²) in [6, 6.07) is 0. The van der Waals surface area contributed by atoms with E-state index < -0.39 is 15.1 Å². The summed E-state index contributed by atoms with van der Waals surface area (Å²) in [6.45, 7) is 4.79. The van der Waals surface area contributed by atoms with Crippen LogP contribution in [0.2, 0.25) is 0 Å². The number of rotatable bonds is 4. The molecule has 3 heterocycles. The molecule has 2 aliphatic rings. The molecule has 1 aromatic heterocycles. The van der Waals surface area contributed by atoms with Gasteiger partial charge >= 0.3 is 0 Å². The molecule has 1 saturated heterocycles. The van der Waals surface area contributed by atoms with Gasteiger partial charge in [0.2, 0.25) is 0 Å². The summed E-state index contributed by atoms with van der Waals surface area (Å²) >= 11 is 0. The summed E-state index contributed by atoms with van der Waals surface area (Å²) < 4.78 is 32.1. The fourth-order valence-corrected chi connectivity index (χ4v) is 5.51. The number of sulfone groups is 1. The summed E-state index contributed by atoms with van der Waals surface area (Å²) in [5, 5.41) is -0.448. The molecule has 0 N–H and O–H groups in total. The molecular formula is C16H24N2O4S. The van der Waals surface area contributed by atoms with Crippen LogP contribution in [0.1, 0.15) is 43.3 Å². The molecule has 0 radical (unpaired) electrons. The second-order valence-corrected chi connectivity index (χ2v) is 8.87. The number of aromatic nitrogens is 2. The van der Waals surface area contributed by atoms with E-state index in [0.717, 1.165) is 25.1 Å². The molecule has 0 aromatic carbocycles. The van der Waals surface area contributed by atoms with E-state index in [2.05, 4.69) is 4.98 Å². The van der Waals surface area contributed by atoms with Crippen LogP contribution in [0, 0.1) is 6.92 Å². The van der Waals surface area contributed by atoms with Crippen molar-refractivity contribution in [2.45, 2.75) is 63.9 Å². The average molecular weight is 340 g/mol. The van der Waals surface area contributed by atoms with E-state index in [1.165, 1.54) is 0 Å². The smallest absolute Gasteiger partial charge is 0.256 e. The summed E-state index contributed by atoms with van der Waals surface area (Å²) in [5.74, 6) is 0.825. The third kappa shape index (κ3) is 3.21. The van der Waals surface area contributed by atoms with Gasteiger partial charge in [0.25, 0.3) is 5.56 Å². The molecule has 0 bridgehead atoms. The Labute approximate surface area is 136 Å². The quantitative estimate of drug-likeness (QED) is 0.818. The molecule has 23 heavy (non-hydrogen) atoms. The van der Waals surface area contributed by atoms with Crippen LogP contribution in [-0.4, -0.2) is 41.7 Å². The van der Waals surface area contributed by atoms with Crippen molar-refractivity contribution in [3.63, 3.8) is 0 Å². The summed E-state index contributed by atoms with van der Waals surface area (Å²) in [7, 11) is -3.26. The van der Waals surface area contributed by atoms with E-state index in [1.54, 1.807) is 18.4 Å². The van der Waals surface area contributed by atoms with Crippen LogP contribution in [0.4, 0.5) is 0 Å². The first kappa shape index (κ1) is 16.6. The van der Waals surface area contributed by atoms with Gasteiger partial charge in [0.1, 0.15) is 5.82 Å². The van der Waals surface area contributed by atoms with E-state index in [-0.39, 0.29) is 23.8 Å². The maximum absolute atomic E-state index is 12.6. The van der Waals surface area contributed by atoms with Crippen molar-refractivity contribution in [1.82, 2.24) is 9.55 Å². The molecule has 2 atom stereocenters. The minimum Gasteiger partial charge on any atom is -0.377 e. The van der Waals surface area contributed by atoms with Gasteiger partial charge in [-0.1, -0.05) is 0 Å². The van der Waals surface area contributed by atoms with E-state index in [0.29, 0.717) is 30.8 Å². The molecule has 6 nitrogen and oxygen atoms in total. The normalized spacial score (nSPS) is 24.6. The zero-order valence-electron chi connectivity index (χ0n) is 13.7. The highest BCUT2D eigenvalue weighted by Gasteiger charge is 2.35. The molecule has 2 unspecified atom stereocenters. The van der Waals surface area contributed by atoms with Crippen molar-refractivity contribution in [2.75, 3.05) is 12.4 Å². The Kier molecular flexibility index (Phi) is 4.60. The highest BCUT2D eigenvalue weighted by molar-refractivity contribution is 7.92. The van der Waals surface area contributed by atoms with E-state index >= 15 is 0 Å². The van der Waals surface area contributed by atoms with Gasteiger partial charge in [-0.25, -0.2) is 13.4 Å². The second-order valence-electron chi connectivity index (χ2n) is 6.53. The van der Waals surface area contributed by atoms with Crippen molar-refractivity contribution in [2.24, 2.45) is 0 Å². The molecule has 1 aromatic rings. The lowest BCUT2D eigenvalue weighted by Crippen LogP contribution is -2.34. The lowest BCUT2D eigenvalue weighted by Gasteiger charge is -2.20. The second kappa shape index (κ2) is 6.36. The number of fused-ring (bicyclic) bond motifs is 1. The third-order valence-electron chi connectivity index (χ3n) is 4.99. The molecule has 0 aliphatic carbocycles. The molecule has 0 spiro atoms. The van der Waals surface area contributed by atoms with Gasteiger partial charge in [-0.15, -0.1) is 0 Å². The number of ether oxygens (including phenoxy) is 1. The Bertz CT molecular complexity index is 754. The Morgan fingerprint density at radius 2 is 2.13 bits per heavy atom. The first-order valence-electron chi connectivity index (χ1n) is 8.32. The van der Waals surface area contributed by atoms with Crippen molar-refractivity contribution in [1.29, 1.82) is 0 Å². The lowest BCUT2D eigenvalue weighted by molar-refractivity contribution is 0.126. The molecule has 2 aliphatic heterocycles. The first-order chi connectivity index (χ1) is 10.9. The van der Waals surface area contributed by atoms with Gasteiger partial charge in [0.05, 0.1) is 17.1 Å². The summed E-state index contributed by atoms with van der Waals surface area (Å²) in [5.41, 5.74) is 1.16. The Balaban J connectivity index is 1.82. The Hall–Kier alpha value is -1.21. The number of aryl methyl sites for hydroxylation is 2. The van der Waals surface area contributed by atoms with Crippen LogP contribution in [-0.2, 0) is 34.0 Å². The monoisotopic (exact) mass is 340 g/mol. The fraction of sp³-hybridized carbons (Fsp3) is 0.750. The zero-order chi connectivity index (χ0) is 16.6. The number of nitrogens with zero attached hydrogens (tertiary/aromatic N) is 2. The standard InChI is InChI=1S/C16H24N2O4S/c1-11-13(16(19)18-8-4-3-5-15(18)17-11)7-10-23(20,21)14-6-9-22-12(14)2/h12,14H,3-10H2,1-2H3. The van der Waals surface area contributed by atoms with Crippen molar-refractivity contribution in [3.05, 3.63) is 27.4 Å². The predicted molar refractivity (Wildman–Crippen MR) is 87.5 cm³/mol. The van der Waals surface area contributed by atoms with E-state index in [4.69, 9.17) is 4.74 Å². The van der Waals surface area contributed by atoms with Gasteiger partial charge in [0, 0.05) is 30.8 Å². The SMILES string of the molecule is Cc1nc2n(c(=O)c1CCS(=O)(=O)C1CCOC1C)CCCC2. The third-order valence-corrected chi connectivity index (χ3v) is 7.30. The minimum atomic E-state index is -3.26. The van der Waals surface area contributed by atoms with E-state index in [1.807, 2.05) is 0 Å². The van der Waals surface area contributed by atoms with Crippen LogP contribution >= 0.6 is 0 Å². The van der Waals surface area contributed by atoms with Crippen LogP contribution in [0.15, 0.2) is 4.79 Å². The van der Waals surface area contributed by atoms with Gasteiger partial charge in [-0.2, -0.15) is 0 Å². The molecule has 128 valence electrons. The van der Waals surface area contributed by atoms with Gasteiger partial charge < -0.3 is 4.74 Å².